The monoisotopic (exact) mass is 223 g/mol. The van der Waals surface area contributed by atoms with Crippen molar-refractivity contribution in [1.82, 2.24) is 10.6 Å². The highest BCUT2D eigenvalue weighted by atomic mass is 35.5. The number of morpholine rings is 1. The lowest BCUT2D eigenvalue weighted by Crippen LogP contribution is -2.53. The zero-order valence-corrected chi connectivity index (χ0v) is 9.10. The Hall–Kier alpha value is -0.360. The van der Waals surface area contributed by atoms with Gasteiger partial charge in [-0.3, -0.25) is 4.79 Å². The molecule has 0 radical (unpaired) electrons. The van der Waals surface area contributed by atoms with E-state index < -0.39 is 0 Å². The molecule has 0 bridgehead atoms. The fraction of sp³-hybridized carbons (Fsp3) is 0.875. The lowest BCUT2D eigenvalue weighted by Gasteiger charge is -2.24. The van der Waals surface area contributed by atoms with E-state index in [1.165, 1.54) is 0 Å². The first-order valence-electron chi connectivity index (χ1n) is 4.55. The summed E-state index contributed by atoms with van der Waals surface area (Å²) >= 11 is 0. The molecule has 2 atom stereocenters. The molecule has 4 N–H and O–H groups in total. The maximum atomic E-state index is 11.5. The number of rotatable bonds is 3. The second-order valence-corrected chi connectivity index (χ2v) is 3.23. The van der Waals surface area contributed by atoms with Crippen LogP contribution in [0.4, 0.5) is 0 Å². The third kappa shape index (κ3) is 4.23. The van der Waals surface area contributed by atoms with Gasteiger partial charge in [0.15, 0.2) is 0 Å². The van der Waals surface area contributed by atoms with E-state index in [0.717, 1.165) is 6.54 Å². The Kier molecular flexibility index (Phi) is 6.82. The van der Waals surface area contributed by atoms with Gasteiger partial charge in [-0.25, -0.2) is 0 Å². The Morgan fingerprint density at radius 1 is 1.79 bits per heavy atom. The topological polar surface area (TPSA) is 76.4 Å². The lowest BCUT2D eigenvalue weighted by molar-refractivity contribution is -0.126. The number of nitrogens with one attached hydrogen (secondary N) is 2. The molecule has 14 heavy (non-hydrogen) atoms. The molecule has 1 rings (SSSR count). The van der Waals surface area contributed by atoms with E-state index in [-0.39, 0.29) is 30.4 Å². The van der Waals surface area contributed by atoms with E-state index in [2.05, 4.69) is 10.6 Å². The Labute approximate surface area is 90.2 Å². The molecule has 6 heteroatoms. The molecule has 1 saturated heterocycles. The van der Waals surface area contributed by atoms with E-state index in [4.69, 9.17) is 10.5 Å². The zero-order valence-electron chi connectivity index (χ0n) is 8.29. The predicted molar refractivity (Wildman–Crippen MR) is 56.5 cm³/mol. The van der Waals surface area contributed by atoms with Crippen LogP contribution in [0, 0.1) is 0 Å². The zero-order chi connectivity index (χ0) is 9.68. The highest BCUT2D eigenvalue weighted by molar-refractivity contribution is 5.85. The number of ether oxygens (including phenoxy) is 1. The van der Waals surface area contributed by atoms with Crippen LogP contribution in [0.1, 0.15) is 6.92 Å². The predicted octanol–water partition coefficient (Wildman–Crippen LogP) is -1.14. The summed E-state index contributed by atoms with van der Waals surface area (Å²) < 4.78 is 5.16. The molecule has 1 unspecified atom stereocenters. The van der Waals surface area contributed by atoms with Crippen LogP contribution in [0.5, 0.6) is 0 Å². The molecule has 0 aromatic rings. The average molecular weight is 224 g/mol. The van der Waals surface area contributed by atoms with Crippen molar-refractivity contribution in [2.75, 3.05) is 26.3 Å². The van der Waals surface area contributed by atoms with Gasteiger partial charge < -0.3 is 21.1 Å². The van der Waals surface area contributed by atoms with Gasteiger partial charge in [0.25, 0.3) is 0 Å². The van der Waals surface area contributed by atoms with Crippen LogP contribution >= 0.6 is 12.4 Å². The minimum Gasteiger partial charge on any atom is -0.378 e. The molecule has 0 aromatic heterocycles. The lowest BCUT2D eigenvalue weighted by atomic mass is 10.2. The molecule has 1 amide bonds. The molecule has 0 aromatic carbocycles. The van der Waals surface area contributed by atoms with E-state index in [0.29, 0.717) is 19.8 Å². The first-order chi connectivity index (χ1) is 6.24. The highest BCUT2D eigenvalue weighted by Crippen LogP contribution is 1.93. The van der Waals surface area contributed by atoms with Crippen LogP contribution in [0.3, 0.4) is 0 Å². The largest absolute Gasteiger partial charge is 0.378 e. The summed E-state index contributed by atoms with van der Waals surface area (Å²) in [6.07, 6.45) is 0. The van der Waals surface area contributed by atoms with Gasteiger partial charge >= 0.3 is 0 Å². The Bertz CT molecular complexity index is 174. The van der Waals surface area contributed by atoms with Gasteiger partial charge in [-0.2, -0.15) is 0 Å². The summed E-state index contributed by atoms with van der Waals surface area (Å²) in [5.74, 6) is -0.0300. The van der Waals surface area contributed by atoms with Crippen LogP contribution < -0.4 is 16.4 Å². The van der Waals surface area contributed by atoms with Crippen molar-refractivity contribution < 1.29 is 9.53 Å². The Morgan fingerprint density at radius 3 is 3.00 bits per heavy atom. The van der Waals surface area contributed by atoms with Gasteiger partial charge in [-0.1, -0.05) is 0 Å². The molecule has 1 aliphatic rings. The summed E-state index contributed by atoms with van der Waals surface area (Å²) in [7, 11) is 0. The van der Waals surface area contributed by atoms with Crippen molar-refractivity contribution >= 4 is 18.3 Å². The second-order valence-electron chi connectivity index (χ2n) is 3.23. The van der Waals surface area contributed by atoms with Gasteiger partial charge in [0, 0.05) is 19.1 Å². The van der Waals surface area contributed by atoms with E-state index in [1.807, 2.05) is 6.92 Å². The minimum atomic E-state index is -0.220. The van der Waals surface area contributed by atoms with Crippen molar-refractivity contribution in [3.8, 4) is 0 Å². The molecule has 5 nitrogen and oxygen atoms in total. The van der Waals surface area contributed by atoms with Crippen molar-refractivity contribution in [3.63, 3.8) is 0 Å². The van der Waals surface area contributed by atoms with Gasteiger partial charge in [-0.05, 0) is 6.92 Å². The van der Waals surface area contributed by atoms with Crippen LogP contribution in [0.2, 0.25) is 0 Å². The number of halogens is 1. The maximum Gasteiger partial charge on any atom is 0.239 e. The molecule has 84 valence electrons. The number of hydrogen-bond acceptors (Lipinski definition) is 4. The van der Waals surface area contributed by atoms with Crippen LogP contribution in [0.15, 0.2) is 0 Å². The van der Waals surface area contributed by atoms with Crippen molar-refractivity contribution in [3.05, 3.63) is 0 Å². The summed E-state index contributed by atoms with van der Waals surface area (Å²) in [4.78, 5) is 11.5. The number of hydrogen-bond donors (Lipinski definition) is 3. The number of carbonyl (C=O) groups excluding carboxylic acids is 1. The standard InChI is InChI=1S/C8H17N3O2.ClH/c1-6(4-9)11-8(12)7-5-13-3-2-10-7;/h6-7,10H,2-5,9H2,1H3,(H,11,12);1H/t6-,7?;/m0./s1. The SMILES string of the molecule is C[C@@H](CN)NC(=O)C1COCCN1.Cl. The molecule has 1 aliphatic heterocycles. The van der Waals surface area contributed by atoms with Gasteiger partial charge in [-0.15, -0.1) is 12.4 Å². The Balaban J connectivity index is 0.00000169. The molecular weight excluding hydrogens is 206 g/mol. The molecule has 1 heterocycles. The highest BCUT2D eigenvalue weighted by Gasteiger charge is 2.21. The molecule has 0 saturated carbocycles. The third-order valence-corrected chi connectivity index (χ3v) is 1.98. The fourth-order valence-corrected chi connectivity index (χ4v) is 1.14. The molecule has 1 fully saturated rings. The maximum absolute atomic E-state index is 11.5. The first kappa shape index (κ1) is 13.6. The quantitative estimate of drug-likeness (QED) is 0.566. The summed E-state index contributed by atoms with van der Waals surface area (Å²) in [6.45, 7) is 4.19. The fourth-order valence-electron chi connectivity index (χ4n) is 1.14. The number of carbonyl (C=O) groups is 1. The van der Waals surface area contributed by atoms with Crippen LogP contribution in [-0.4, -0.2) is 44.3 Å². The first-order valence-corrected chi connectivity index (χ1v) is 4.55. The van der Waals surface area contributed by atoms with Crippen molar-refractivity contribution in [2.45, 2.75) is 19.0 Å². The summed E-state index contributed by atoms with van der Waals surface area (Å²) in [5, 5.41) is 5.86. The summed E-state index contributed by atoms with van der Waals surface area (Å²) in [6, 6.07) is -0.195. The number of nitrogens with two attached hydrogens (primary N) is 1. The smallest absolute Gasteiger partial charge is 0.239 e. The van der Waals surface area contributed by atoms with E-state index >= 15 is 0 Å². The van der Waals surface area contributed by atoms with Gasteiger partial charge in [0.2, 0.25) is 5.91 Å². The van der Waals surface area contributed by atoms with Crippen LogP contribution in [0.25, 0.3) is 0 Å². The Morgan fingerprint density at radius 2 is 2.50 bits per heavy atom. The molecule has 0 aliphatic carbocycles. The van der Waals surface area contributed by atoms with Crippen LogP contribution in [-0.2, 0) is 9.53 Å². The molecule has 0 spiro atoms. The summed E-state index contributed by atoms with van der Waals surface area (Å²) in [5.41, 5.74) is 5.38. The normalized spacial score (nSPS) is 23.4. The number of amides is 1. The van der Waals surface area contributed by atoms with E-state index in [9.17, 15) is 4.79 Å². The second kappa shape index (κ2) is 7.00. The van der Waals surface area contributed by atoms with Gasteiger partial charge in [0.1, 0.15) is 6.04 Å². The average Bonchev–Trinajstić information content (AvgIpc) is 2.19. The van der Waals surface area contributed by atoms with Gasteiger partial charge in [0.05, 0.1) is 13.2 Å². The molecular formula is C8H18ClN3O2. The van der Waals surface area contributed by atoms with E-state index in [1.54, 1.807) is 0 Å². The minimum absolute atomic E-state index is 0. The van der Waals surface area contributed by atoms with Crippen molar-refractivity contribution in [2.24, 2.45) is 5.73 Å². The third-order valence-electron chi connectivity index (χ3n) is 1.98. The van der Waals surface area contributed by atoms with Crippen molar-refractivity contribution in [1.29, 1.82) is 0 Å².